The molecule has 7 nitrogen and oxygen atoms in total. The van der Waals surface area contributed by atoms with Crippen molar-refractivity contribution in [2.75, 3.05) is 11.9 Å². The van der Waals surface area contributed by atoms with Crippen LogP contribution in [-0.4, -0.2) is 38.2 Å². The topological polar surface area (TPSA) is 84.7 Å². The first kappa shape index (κ1) is 15.1. The van der Waals surface area contributed by atoms with Crippen LogP contribution in [0, 0.1) is 13.8 Å². The van der Waals surface area contributed by atoms with Gasteiger partial charge in [-0.3, -0.25) is 14.5 Å². The molecule has 0 saturated heterocycles. The van der Waals surface area contributed by atoms with Crippen LogP contribution in [0.4, 0.5) is 5.82 Å². The van der Waals surface area contributed by atoms with Crippen molar-refractivity contribution in [1.29, 1.82) is 0 Å². The molecule has 0 saturated carbocycles. The summed E-state index contributed by atoms with van der Waals surface area (Å²) in [7, 11) is 0. The smallest absolute Gasteiger partial charge is 0.239 e. The molecule has 7 heteroatoms. The number of aryl methyl sites for hydroxylation is 2. The Labute approximate surface area is 123 Å². The second-order valence-corrected chi connectivity index (χ2v) is 5.03. The van der Waals surface area contributed by atoms with E-state index >= 15 is 0 Å². The van der Waals surface area contributed by atoms with Crippen molar-refractivity contribution < 1.29 is 4.79 Å². The Hall–Kier alpha value is -2.28. The highest BCUT2D eigenvalue weighted by Gasteiger charge is 2.09. The molecule has 0 aliphatic carbocycles. The summed E-state index contributed by atoms with van der Waals surface area (Å²) in [4.78, 5) is 19.7. The first-order valence-electron chi connectivity index (χ1n) is 6.85. The van der Waals surface area contributed by atoms with Gasteiger partial charge in [0.25, 0.3) is 0 Å². The summed E-state index contributed by atoms with van der Waals surface area (Å²) in [5, 5.41) is 10.2. The number of nitrogens with zero attached hydrogens (tertiary/aromatic N) is 4. The molecule has 0 radical (unpaired) electrons. The number of nitrogens with one attached hydrogen (secondary N) is 2. The minimum absolute atomic E-state index is 0.135. The van der Waals surface area contributed by atoms with E-state index in [4.69, 9.17) is 0 Å². The molecule has 0 spiro atoms. The van der Waals surface area contributed by atoms with Gasteiger partial charge in [-0.1, -0.05) is 0 Å². The van der Waals surface area contributed by atoms with Gasteiger partial charge in [0.2, 0.25) is 5.91 Å². The fourth-order valence-electron chi connectivity index (χ4n) is 2.00. The molecule has 2 N–H and O–H groups in total. The van der Waals surface area contributed by atoms with Crippen molar-refractivity contribution in [3.05, 3.63) is 36.0 Å². The molecule has 2 heterocycles. The average molecular weight is 288 g/mol. The highest BCUT2D eigenvalue weighted by atomic mass is 16.2. The molecule has 0 aromatic carbocycles. The fourth-order valence-corrected chi connectivity index (χ4v) is 2.00. The molecule has 2 aromatic rings. The third-order valence-electron chi connectivity index (χ3n) is 2.99. The second kappa shape index (κ2) is 6.94. The monoisotopic (exact) mass is 288 g/mol. The van der Waals surface area contributed by atoms with Crippen LogP contribution in [0.3, 0.4) is 0 Å². The van der Waals surface area contributed by atoms with Crippen LogP contribution in [-0.2, 0) is 11.3 Å². The third-order valence-corrected chi connectivity index (χ3v) is 2.99. The summed E-state index contributed by atoms with van der Waals surface area (Å²) >= 11 is 0. The number of carbonyl (C=O) groups excluding carboxylic acids is 1. The van der Waals surface area contributed by atoms with Gasteiger partial charge in [0, 0.05) is 24.1 Å². The summed E-state index contributed by atoms with van der Waals surface area (Å²) in [6.07, 6.45) is 4.61. The lowest BCUT2D eigenvalue weighted by Crippen LogP contribution is -2.37. The van der Waals surface area contributed by atoms with E-state index in [2.05, 4.69) is 25.7 Å². The Morgan fingerprint density at radius 2 is 2.19 bits per heavy atom. The lowest BCUT2D eigenvalue weighted by Gasteiger charge is -2.14. The number of rotatable bonds is 6. The van der Waals surface area contributed by atoms with Gasteiger partial charge in [0.1, 0.15) is 0 Å². The first-order chi connectivity index (χ1) is 10.0. The van der Waals surface area contributed by atoms with Gasteiger partial charge in [-0.15, -0.1) is 0 Å². The van der Waals surface area contributed by atoms with Crippen LogP contribution in [0.2, 0.25) is 0 Å². The van der Waals surface area contributed by atoms with Crippen LogP contribution in [0.5, 0.6) is 0 Å². The standard InChI is InChI=1S/C14H20N6O/c1-10-6-12(3)20(19-10)9-11(2)17-8-14(21)18-13-7-15-4-5-16-13/h4-7,11,17H,8-9H2,1-3H3,(H,16,18,21). The highest BCUT2D eigenvalue weighted by molar-refractivity contribution is 5.91. The van der Waals surface area contributed by atoms with E-state index in [1.807, 2.05) is 31.5 Å². The maximum atomic E-state index is 11.8. The largest absolute Gasteiger partial charge is 0.308 e. The van der Waals surface area contributed by atoms with Crippen LogP contribution in [0.25, 0.3) is 0 Å². The van der Waals surface area contributed by atoms with Crippen LogP contribution < -0.4 is 10.6 Å². The molecule has 112 valence electrons. The summed E-state index contributed by atoms with van der Waals surface area (Å²) in [5.74, 6) is 0.311. The van der Waals surface area contributed by atoms with Crippen molar-refractivity contribution in [3.8, 4) is 0 Å². The number of anilines is 1. The number of hydrogen-bond donors (Lipinski definition) is 2. The lowest BCUT2D eigenvalue weighted by atomic mass is 10.3. The minimum Gasteiger partial charge on any atom is -0.308 e. The molecule has 0 aliphatic rings. The molecule has 1 unspecified atom stereocenters. The molecule has 0 fully saturated rings. The Morgan fingerprint density at radius 3 is 2.81 bits per heavy atom. The van der Waals surface area contributed by atoms with Gasteiger partial charge in [0.05, 0.1) is 25.0 Å². The van der Waals surface area contributed by atoms with E-state index in [0.717, 1.165) is 17.9 Å². The van der Waals surface area contributed by atoms with Gasteiger partial charge in [0.15, 0.2) is 5.82 Å². The van der Waals surface area contributed by atoms with E-state index in [1.54, 1.807) is 6.20 Å². The number of amides is 1. The summed E-state index contributed by atoms with van der Waals surface area (Å²) < 4.78 is 1.94. The predicted molar refractivity (Wildman–Crippen MR) is 79.8 cm³/mol. The number of carbonyl (C=O) groups is 1. The highest BCUT2D eigenvalue weighted by Crippen LogP contribution is 2.03. The van der Waals surface area contributed by atoms with Gasteiger partial charge in [-0.2, -0.15) is 5.10 Å². The van der Waals surface area contributed by atoms with Crippen molar-refractivity contribution in [2.24, 2.45) is 0 Å². The molecule has 0 bridgehead atoms. The van der Waals surface area contributed by atoms with E-state index in [-0.39, 0.29) is 18.5 Å². The molecule has 2 aromatic heterocycles. The maximum Gasteiger partial charge on any atom is 0.239 e. The Bertz CT molecular complexity index is 595. The fraction of sp³-hybridized carbons (Fsp3) is 0.429. The molecule has 2 rings (SSSR count). The minimum atomic E-state index is -0.143. The van der Waals surface area contributed by atoms with Gasteiger partial charge in [-0.25, -0.2) is 4.98 Å². The third kappa shape index (κ3) is 4.64. The Morgan fingerprint density at radius 1 is 1.38 bits per heavy atom. The van der Waals surface area contributed by atoms with E-state index in [9.17, 15) is 4.79 Å². The zero-order valence-electron chi connectivity index (χ0n) is 12.5. The van der Waals surface area contributed by atoms with Gasteiger partial charge < -0.3 is 10.6 Å². The zero-order valence-corrected chi connectivity index (χ0v) is 12.5. The maximum absolute atomic E-state index is 11.8. The normalized spacial score (nSPS) is 12.1. The van der Waals surface area contributed by atoms with E-state index < -0.39 is 0 Å². The zero-order chi connectivity index (χ0) is 15.2. The first-order valence-corrected chi connectivity index (χ1v) is 6.85. The Kier molecular flexibility index (Phi) is 4.99. The Balaban J connectivity index is 1.77. The molecule has 0 aliphatic heterocycles. The molecule has 1 atom stereocenters. The van der Waals surface area contributed by atoms with Crippen molar-refractivity contribution in [3.63, 3.8) is 0 Å². The molecule has 1 amide bonds. The summed E-state index contributed by atoms with van der Waals surface area (Å²) in [6.45, 7) is 6.95. The lowest BCUT2D eigenvalue weighted by molar-refractivity contribution is -0.115. The van der Waals surface area contributed by atoms with Gasteiger partial charge >= 0.3 is 0 Å². The van der Waals surface area contributed by atoms with Crippen LogP contribution in [0.15, 0.2) is 24.7 Å². The van der Waals surface area contributed by atoms with Gasteiger partial charge in [-0.05, 0) is 26.8 Å². The summed E-state index contributed by atoms with van der Waals surface area (Å²) in [6, 6.07) is 2.17. The van der Waals surface area contributed by atoms with E-state index in [1.165, 1.54) is 12.4 Å². The molecular formula is C14H20N6O. The van der Waals surface area contributed by atoms with Crippen LogP contribution in [0.1, 0.15) is 18.3 Å². The quantitative estimate of drug-likeness (QED) is 0.825. The van der Waals surface area contributed by atoms with Crippen LogP contribution >= 0.6 is 0 Å². The summed E-state index contributed by atoms with van der Waals surface area (Å²) in [5.41, 5.74) is 2.12. The van der Waals surface area contributed by atoms with Crippen molar-refractivity contribution in [1.82, 2.24) is 25.1 Å². The molecular weight excluding hydrogens is 268 g/mol. The molecule has 21 heavy (non-hydrogen) atoms. The van der Waals surface area contributed by atoms with Crippen molar-refractivity contribution >= 4 is 11.7 Å². The SMILES string of the molecule is Cc1cc(C)n(CC(C)NCC(=O)Nc2cnccn2)n1. The number of aromatic nitrogens is 4. The predicted octanol–water partition coefficient (Wildman–Crippen LogP) is 0.907. The van der Waals surface area contributed by atoms with E-state index in [0.29, 0.717) is 5.82 Å². The number of hydrogen-bond acceptors (Lipinski definition) is 5. The second-order valence-electron chi connectivity index (χ2n) is 5.03. The average Bonchev–Trinajstić information content (AvgIpc) is 2.76. The van der Waals surface area contributed by atoms with Crippen molar-refractivity contribution in [2.45, 2.75) is 33.4 Å².